The van der Waals surface area contributed by atoms with Crippen molar-refractivity contribution in [3.63, 3.8) is 0 Å². The van der Waals surface area contributed by atoms with E-state index in [1.807, 2.05) is 0 Å². The van der Waals surface area contributed by atoms with Crippen LogP contribution in [0.5, 0.6) is 0 Å². The topological polar surface area (TPSA) is 305 Å². The largest absolute Gasteiger partial charge is 0.461 e. The molecule has 1 aromatic rings. The van der Waals surface area contributed by atoms with E-state index in [1.165, 1.54) is 20.8 Å². The van der Waals surface area contributed by atoms with Gasteiger partial charge in [-0.2, -0.15) is 0 Å². The molecule has 312 valence electrons. The number of aliphatic hydroxyl groups is 3. The second-order valence-corrected chi connectivity index (χ2v) is 12.9. The van der Waals surface area contributed by atoms with E-state index in [0.717, 1.165) is 0 Å². The van der Waals surface area contributed by atoms with Gasteiger partial charge in [-0.1, -0.05) is 30.3 Å². The standard InChI is InChI=1S/C34H51N9O12.Fe/c1-21(44)41(53)15-7-12-25-31(49)35-20-30(48)38-28(18-24-10-5-4-6-11-24)32(50)36-19-29(47)37-26(13-8-16-42(54)22(2)45)33(51)40-27(34(52)39-25)14-9-17-43(55)23(3)46;/h4-6,10-11,25-28,53-55H,7-9,12-20H2,1-3H3,(H6,35,36,37,38,39,40,47,48,49,50,51,52);/p+3/t25-,26-,27?,28+;/m0./s1. The number of carbonyl (C=O) groups is 6. The van der Waals surface area contributed by atoms with Crippen molar-refractivity contribution >= 4 is 53.1 Å². The van der Waals surface area contributed by atoms with Gasteiger partial charge in [-0.15, -0.1) is 0 Å². The fourth-order valence-electron chi connectivity index (χ4n) is 5.30. The maximum atomic E-state index is 13.8. The number of nitrogens with zero attached hydrogens (tertiary/aromatic N) is 3. The van der Waals surface area contributed by atoms with Crippen LogP contribution in [-0.4, -0.2) is 155 Å². The van der Waals surface area contributed by atoms with Crippen molar-refractivity contribution in [1.29, 1.82) is 0 Å². The number of benzene rings is 1. The molecule has 1 aliphatic rings. The smallest absolute Gasteiger partial charge is 0.379 e. The van der Waals surface area contributed by atoms with Crippen LogP contribution < -0.4 is 31.9 Å². The number of aliphatic hydroxyl groups excluding tert-OH is 3. The average molecular weight is 837 g/mol. The van der Waals surface area contributed by atoms with E-state index >= 15 is 0 Å². The van der Waals surface area contributed by atoms with Crippen molar-refractivity contribution < 1.29 is 91.0 Å². The molecule has 2 rings (SSSR count). The third-order valence-corrected chi connectivity index (χ3v) is 8.41. The summed E-state index contributed by atoms with van der Waals surface area (Å²) in [5.41, 5.74) is 0.672. The van der Waals surface area contributed by atoms with Gasteiger partial charge in [-0.3, -0.25) is 44.4 Å². The molecule has 0 aromatic heterocycles. The van der Waals surface area contributed by atoms with Crippen LogP contribution in [0.15, 0.2) is 30.3 Å². The molecule has 1 aromatic carbocycles. The number of carbonyl (C=O) groups excluding carboxylic acids is 6. The van der Waals surface area contributed by atoms with E-state index in [4.69, 9.17) is 0 Å². The zero-order chi connectivity index (χ0) is 41.1. The van der Waals surface area contributed by atoms with Gasteiger partial charge in [0.15, 0.2) is 19.6 Å². The summed E-state index contributed by atoms with van der Waals surface area (Å²) in [4.78, 5) is 80.4. The quantitative estimate of drug-likeness (QED) is 0.0239. The van der Waals surface area contributed by atoms with E-state index in [2.05, 4.69) is 31.9 Å². The summed E-state index contributed by atoms with van der Waals surface area (Å²) in [6.07, 6.45) is -0.269. The summed E-state index contributed by atoms with van der Waals surface area (Å²) in [7, 11) is 0. The molecule has 1 fully saturated rings. The Morgan fingerprint density at radius 2 is 0.893 bits per heavy atom. The van der Waals surface area contributed by atoms with Gasteiger partial charge in [0, 0.05) is 57.0 Å². The maximum absolute atomic E-state index is 13.8. The summed E-state index contributed by atoms with van der Waals surface area (Å²) in [5, 5.41) is 73.4. The number of nitrogens with one attached hydrogen (secondary N) is 6. The van der Waals surface area contributed by atoms with E-state index in [1.54, 1.807) is 30.3 Å². The molecule has 1 saturated heterocycles. The van der Waals surface area contributed by atoms with Crippen LogP contribution in [-0.2, 0) is 52.3 Å². The normalized spacial score (nSPS) is 21.8. The molecule has 21 nitrogen and oxygen atoms in total. The predicted octanol–water partition coefficient (Wildman–Crippen LogP) is -2.11. The van der Waals surface area contributed by atoms with E-state index < -0.39 is 90.4 Å². The Morgan fingerprint density at radius 1 is 0.554 bits per heavy atom. The summed E-state index contributed by atoms with van der Waals surface area (Å²) in [6, 6.07) is 3.40. The number of hydroxylamine groups is 3. The minimum absolute atomic E-state index is 0. The van der Waals surface area contributed by atoms with Gasteiger partial charge in [-0.05, 0) is 24.8 Å². The molecule has 56 heavy (non-hydrogen) atoms. The Balaban J connectivity index is 0.0000157. The van der Waals surface area contributed by atoms with Crippen molar-refractivity contribution in [1.82, 2.24) is 31.9 Å². The first kappa shape index (κ1) is 48.4. The molecular weight excluding hydrogens is 782 g/mol. The van der Waals surface area contributed by atoms with E-state index in [-0.39, 0.29) is 81.6 Å². The molecule has 0 saturated carbocycles. The number of rotatable bonds is 14. The van der Waals surface area contributed by atoms with Gasteiger partial charge in [0.1, 0.15) is 24.2 Å². The van der Waals surface area contributed by atoms with Crippen LogP contribution in [0.1, 0.15) is 64.9 Å². The zero-order valence-electron chi connectivity index (χ0n) is 31.5. The molecule has 22 heteroatoms. The Morgan fingerprint density at radius 3 is 1.29 bits per heavy atom. The molecule has 12 N–H and O–H groups in total. The van der Waals surface area contributed by atoms with E-state index in [9.17, 15) is 59.7 Å². The van der Waals surface area contributed by atoms with Crippen LogP contribution in [0.2, 0.25) is 0 Å². The molecule has 6 amide bonds. The summed E-state index contributed by atoms with van der Waals surface area (Å²) in [5.74, 6) is -6.14. The van der Waals surface area contributed by atoms with Crippen molar-refractivity contribution in [2.45, 2.75) is 89.9 Å². The van der Waals surface area contributed by atoms with Crippen LogP contribution in [0.3, 0.4) is 0 Å². The molecule has 4 atom stereocenters. The second kappa shape index (κ2) is 24.7. The predicted molar refractivity (Wildman–Crippen MR) is 192 cm³/mol. The SMILES string of the molecule is CC(O)=[N+](O)CCCC1NC(=O)[C@H](CCC[N+](O)=C(C)O)NC(=O)CNC(=O)[C@@H](Cc2ccccc2)NC(=O)CNC(=O)[C@H](CCC[N+](O)=C(C)O)NC1=O.[Fe]. The van der Waals surface area contributed by atoms with Crippen LogP contribution in [0.25, 0.3) is 0 Å². The van der Waals surface area contributed by atoms with Gasteiger partial charge in [0.2, 0.25) is 35.4 Å². The van der Waals surface area contributed by atoms with Gasteiger partial charge in [-0.25, -0.2) is 0 Å². The minimum atomic E-state index is -1.39. The third-order valence-electron chi connectivity index (χ3n) is 8.41. The zero-order valence-corrected chi connectivity index (χ0v) is 32.6. The summed E-state index contributed by atoms with van der Waals surface area (Å²) >= 11 is 0. The van der Waals surface area contributed by atoms with E-state index in [0.29, 0.717) is 19.8 Å². The van der Waals surface area contributed by atoms with Crippen molar-refractivity contribution in [2.75, 3.05) is 32.7 Å². The average Bonchev–Trinajstić information content (AvgIpc) is 3.13. The maximum Gasteiger partial charge on any atom is 0.379 e. The first-order valence-electron chi connectivity index (χ1n) is 17.7. The Bertz CT molecular complexity index is 1580. The van der Waals surface area contributed by atoms with Crippen LogP contribution in [0.4, 0.5) is 0 Å². The summed E-state index contributed by atoms with van der Waals surface area (Å²) < 4.78 is 1.58. The molecule has 0 aliphatic carbocycles. The minimum Gasteiger partial charge on any atom is -0.461 e. The number of hydrogen-bond acceptors (Lipinski definition) is 9. The van der Waals surface area contributed by atoms with Crippen LogP contribution >= 0.6 is 0 Å². The second-order valence-electron chi connectivity index (χ2n) is 12.9. The van der Waals surface area contributed by atoms with Gasteiger partial charge < -0.3 is 47.2 Å². The van der Waals surface area contributed by atoms with Gasteiger partial charge in [0.25, 0.3) is 0 Å². The van der Waals surface area contributed by atoms with Crippen molar-refractivity contribution in [2.24, 2.45) is 0 Å². The molecule has 0 radical (unpaired) electrons. The number of amides is 6. The molecule has 1 unspecified atom stereocenters. The third kappa shape index (κ3) is 17.7. The number of hydrogen-bond donors (Lipinski definition) is 12. The monoisotopic (exact) mass is 836 g/mol. The fraction of sp³-hybridized carbons (Fsp3) is 0.559. The summed E-state index contributed by atoms with van der Waals surface area (Å²) in [6.45, 7) is 1.97. The molecular formula is C34H54FeN9O12+3. The van der Waals surface area contributed by atoms with Crippen molar-refractivity contribution in [3.05, 3.63) is 35.9 Å². The first-order valence-corrected chi connectivity index (χ1v) is 17.7. The van der Waals surface area contributed by atoms with Gasteiger partial charge >= 0.3 is 17.7 Å². The van der Waals surface area contributed by atoms with Crippen LogP contribution in [0, 0.1) is 0 Å². The first-order chi connectivity index (χ1) is 26.0. The fourth-order valence-corrected chi connectivity index (χ4v) is 5.30. The Labute approximate surface area is 333 Å². The Hall–Kier alpha value is -5.63. The molecule has 0 spiro atoms. The molecule has 0 bridgehead atoms. The van der Waals surface area contributed by atoms with Crippen molar-refractivity contribution in [3.8, 4) is 0 Å². The Kier molecular flexibility index (Phi) is 21.4. The molecule has 1 aliphatic heterocycles. The van der Waals surface area contributed by atoms with Gasteiger partial charge in [0.05, 0.1) is 33.9 Å². The molecule has 1 heterocycles.